The van der Waals surface area contributed by atoms with Gasteiger partial charge in [-0.1, -0.05) is 30.3 Å². The number of piperazine rings is 1. The zero-order valence-electron chi connectivity index (χ0n) is 18.3. The van der Waals surface area contributed by atoms with Crippen LogP contribution < -0.4 is 0 Å². The Kier molecular flexibility index (Phi) is 6.02. The number of likely N-dealkylation sites (tertiary alicyclic amines) is 1. The summed E-state index contributed by atoms with van der Waals surface area (Å²) < 4.78 is 11.1. The molecule has 30 heavy (non-hydrogen) atoms. The van der Waals surface area contributed by atoms with Crippen LogP contribution in [0.15, 0.2) is 30.3 Å². The molecule has 0 spiro atoms. The summed E-state index contributed by atoms with van der Waals surface area (Å²) in [5.41, 5.74) is 0.695. The van der Waals surface area contributed by atoms with Crippen molar-refractivity contribution in [3.05, 3.63) is 35.9 Å². The first kappa shape index (κ1) is 21.1. The van der Waals surface area contributed by atoms with Gasteiger partial charge in [-0.3, -0.25) is 14.6 Å². The number of hydrogen-bond acceptors (Lipinski definition) is 5. The van der Waals surface area contributed by atoms with Crippen LogP contribution in [0.3, 0.4) is 0 Å². The predicted octanol–water partition coefficient (Wildman–Crippen LogP) is 2.36. The molecule has 0 unspecified atom stereocenters. The first-order valence-corrected chi connectivity index (χ1v) is 11.0. The van der Waals surface area contributed by atoms with Gasteiger partial charge in [-0.15, -0.1) is 0 Å². The summed E-state index contributed by atoms with van der Waals surface area (Å²) in [5.74, 6) is -0.0256. The lowest BCUT2D eigenvalue weighted by atomic mass is 9.98. The molecule has 0 saturated carbocycles. The number of carbonyl (C=O) groups excluding carboxylic acids is 2. The number of benzene rings is 1. The van der Waals surface area contributed by atoms with Gasteiger partial charge in [0.05, 0.1) is 25.2 Å². The van der Waals surface area contributed by atoms with Crippen LogP contribution in [-0.4, -0.2) is 83.8 Å². The van der Waals surface area contributed by atoms with Crippen molar-refractivity contribution in [1.82, 2.24) is 14.7 Å². The van der Waals surface area contributed by atoms with Crippen molar-refractivity contribution in [3.8, 4) is 0 Å². The van der Waals surface area contributed by atoms with Gasteiger partial charge in [0.25, 0.3) is 0 Å². The van der Waals surface area contributed by atoms with E-state index in [1.165, 1.54) is 5.56 Å². The smallest absolute Gasteiger partial charge is 0.410 e. The molecule has 0 radical (unpaired) electrons. The van der Waals surface area contributed by atoms with Crippen molar-refractivity contribution in [2.24, 2.45) is 5.92 Å². The largest absolute Gasteiger partial charge is 0.444 e. The summed E-state index contributed by atoms with van der Waals surface area (Å²) in [6, 6.07) is 10.2. The lowest BCUT2D eigenvalue weighted by Crippen LogP contribution is -2.58. The highest BCUT2D eigenvalue weighted by molar-refractivity contribution is 5.82. The van der Waals surface area contributed by atoms with E-state index in [1.54, 1.807) is 0 Å². The van der Waals surface area contributed by atoms with E-state index in [4.69, 9.17) is 9.47 Å². The zero-order chi connectivity index (χ0) is 21.3. The van der Waals surface area contributed by atoms with Crippen molar-refractivity contribution in [2.75, 3.05) is 39.4 Å². The van der Waals surface area contributed by atoms with Gasteiger partial charge in [0.2, 0.25) is 5.91 Å². The molecule has 0 aliphatic carbocycles. The normalized spacial score (nSPS) is 27.2. The lowest BCUT2D eigenvalue weighted by molar-refractivity contribution is -0.140. The SMILES string of the molecule is CC(C)(C)OC(=O)N1[C@H]2C[C@H](C(=O)N3CCOCC3)[C@@H]1CN(Cc1ccccc1)C2. The maximum Gasteiger partial charge on any atom is 0.410 e. The fraction of sp³-hybridized carbons (Fsp3) is 0.652. The number of fused-ring (bicyclic) bond motifs is 2. The van der Waals surface area contributed by atoms with Gasteiger partial charge in [0.15, 0.2) is 0 Å². The molecule has 4 rings (SSSR count). The molecule has 3 aliphatic heterocycles. The van der Waals surface area contributed by atoms with Crippen LogP contribution in [0.2, 0.25) is 0 Å². The maximum absolute atomic E-state index is 13.3. The second kappa shape index (κ2) is 8.55. The summed E-state index contributed by atoms with van der Waals surface area (Å²) in [6.45, 7) is 10.4. The zero-order valence-corrected chi connectivity index (χ0v) is 18.3. The first-order valence-electron chi connectivity index (χ1n) is 11.0. The van der Waals surface area contributed by atoms with Crippen LogP contribution in [0.5, 0.6) is 0 Å². The Morgan fingerprint density at radius 3 is 2.47 bits per heavy atom. The van der Waals surface area contributed by atoms with Crippen LogP contribution >= 0.6 is 0 Å². The highest BCUT2D eigenvalue weighted by Crippen LogP contribution is 2.37. The minimum Gasteiger partial charge on any atom is -0.444 e. The fourth-order valence-corrected chi connectivity index (χ4v) is 4.90. The second-order valence-corrected chi connectivity index (χ2v) is 9.57. The monoisotopic (exact) mass is 415 g/mol. The molecule has 7 heteroatoms. The molecular formula is C23H33N3O4. The first-order chi connectivity index (χ1) is 14.3. The van der Waals surface area contributed by atoms with E-state index in [0.29, 0.717) is 39.3 Å². The van der Waals surface area contributed by atoms with E-state index in [-0.39, 0.29) is 30.0 Å². The predicted molar refractivity (Wildman–Crippen MR) is 113 cm³/mol. The Morgan fingerprint density at radius 2 is 1.80 bits per heavy atom. The average molecular weight is 416 g/mol. The van der Waals surface area contributed by atoms with Crippen molar-refractivity contribution in [3.63, 3.8) is 0 Å². The molecule has 3 fully saturated rings. The molecule has 164 valence electrons. The molecule has 1 aromatic rings. The summed E-state index contributed by atoms with van der Waals surface area (Å²) >= 11 is 0. The number of ether oxygens (including phenoxy) is 2. The molecule has 2 amide bonds. The number of carbonyl (C=O) groups is 2. The third-order valence-electron chi connectivity index (χ3n) is 6.15. The van der Waals surface area contributed by atoms with E-state index < -0.39 is 5.60 Å². The molecule has 3 atom stereocenters. The highest BCUT2D eigenvalue weighted by atomic mass is 16.6. The molecule has 3 heterocycles. The Hall–Kier alpha value is -2.12. The highest BCUT2D eigenvalue weighted by Gasteiger charge is 2.52. The van der Waals surface area contributed by atoms with Gasteiger partial charge in [-0.25, -0.2) is 4.79 Å². The van der Waals surface area contributed by atoms with Gasteiger partial charge < -0.3 is 14.4 Å². The van der Waals surface area contributed by atoms with Gasteiger partial charge in [0, 0.05) is 38.8 Å². The van der Waals surface area contributed by atoms with Crippen LogP contribution in [0.4, 0.5) is 4.79 Å². The Morgan fingerprint density at radius 1 is 1.10 bits per heavy atom. The molecule has 3 saturated heterocycles. The Labute approximate surface area is 178 Å². The third-order valence-corrected chi connectivity index (χ3v) is 6.15. The number of nitrogens with zero attached hydrogens (tertiary/aromatic N) is 3. The number of morpholine rings is 1. The standard InChI is InChI=1S/C23H33N3O4/c1-23(2,3)30-22(28)26-18-13-19(21(27)25-9-11-29-12-10-25)20(26)16-24(15-18)14-17-7-5-4-6-8-17/h4-8,18-20H,9-16H2,1-3H3/t18-,19-,20-/m0/s1. The van der Waals surface area contributed by atoms with Gasteiger partial charge in [0.1, 0.15) is 5.60 Å². The minimum absolute atomic E-state index is 0.00250. The van der Waals surface area contributed by atoms with Crippen molar-refractivity contribution in [1.29, 1.82) is 0 Å². The molecule has 2 bridgehead atoms. The molecular weight excluding hydrogens is 382 g/mol. The number of rotatable bonds is 3. The van der Waals surface area contributed by atoms with Crippen LogP contribution in [-0.2, 0) is 20.8 Å². The van der Waals surface area contributed by atoms with Crippen LogP contribution in [0.1, 0.15) is 32.8 Å². The van der Waals surface area contributed by atoms with Crippen molar-refractivity contribution < 1.29 is 19.1 Å². The quantitative estimate of drug-likeness (QED) is 0.758. The third kappa shape index (κ3) is 4.62. The van der Waals surface area contributed by atoms with E-state index >= 15 is 0 Å². The van der Waals surface area contributed by atoms with Gasteiger partial charge in [-0.05, 0) is 32.8 Å². The number of amides is 2. The second-order valence-electron chi connectivity index (χ2n) is 9.57. The molecule has 1 aromatic carbocycles. The average Bonchev–Trinajstić information content (AvgIpc) is 2.95. The van der Waals surface area contributed by atoms with Gasteiger partial charge >= 0.3 is 6.09 Å². The van der Waals surface area contributed by atoms with E-state index in [0.717, 1.165) is 13.1 Å². The van der Waals surface area contributed by atoms with Crippen molar-refractivity contribution in [2.45, 2.75) is 51.4 Å². The van der Waals surface area contributed by atoms with Gasteiger partial charge in [-0.2, -0.15) is 0 Å². The topological polar surface area (TPSA) is 62.3 Å². The molecule has 0 aromatic heterocycles. The summed E-state index contributed by atoms with van der Waals surface area (Å²) in [4.78, 5) is 32.5. The van der Waals surface area contributed by atoms with Crippen molar-refractivity contribution >= 4 is 12.0 Å². The van der Waals surface area contributed by atoms with E-state index in [9.17, 15) is 9.59 Å². The summed E-state index contributed by atoms with van der Waals surface area (Å²) in [5, 5.41) is 0. The Bertz CT molecular complexity index is 757. The fourth-order valence-electron chi connectivity index (χ4n) is 4.90. The van der Waals surface area contributed by atoms with E-state index in [2.05, 4.69) is 17.0 Å². The maximum atomic E-state index is 13.3. The Balaban J connectivity index is 1.52. The molecule has 0 N–H and O–H groups in total. The number of hydrogen-bond donors (Lipinski definition) is 0. The summed E-state index contributed by atoms with van der Waals surface area (Å²) in [7, 11) is 0. The lowest BCUT2D eigenvalue weighted by Gasteiger charge is -2.42. The minimum atomic E-state index is -0.554. The van der Waals surface area contributed by atoms with Crippen LogP contribution in [0, 0.1) is 5.92 Å². The molecule has 7 nitrogen and oxygen atoms in total. The van der Waals surface area contributed by atoms with E-state index in [1.807, 2.05) is 48.8 Å². The summed E-state index contributed by atoms with van der Waals surface area (Å²) in [6.07, 6.45) is 0.403. The molecule has 3 aliphatic rings. The van der Waals surface area contributed by atoms with Crippen LogP contribution in [0.25, 0.3) is 0 Å².